The molecule has 0 aliphatic heterocycles. The van der Waals surface area contributed by atoms with Crippen LogP contribution in [0, 0.1) is 13.8 Å². The van der Waals surface area contributed by atoms with Crippen LogP contribution in [-0.4, -0.2) is 16.1 Å². The van der Waals surface area contributed by atoms with Gasteiger partial charge < -0.3 is 5.11 Å². The molecule has 0 saturated carbocycles. The van der Waals surface area contributed by atoms with Crippen LogP contribution < -0.4 is 0 Å². The smallest absolute Gasteiger partial charge is 0.347 e. The van der Waals surface area contributed by atoms with E-state index >= 15 is 0 Å². The third-order valence-electron chi connectivity index (χ3n) is 3.35. The first-order chi connectivity index (χ1) is 9.51. The maximum atomic E-state index is 11.2. The second-order valence-electron chi connectivity index (χ2n) is 5.03. The summed E-state index contributed by atoms with van der Waals surface area (Å²) >= 11 is 1.30. The Balaban J connectivity index is 2.26. The largest absolute Gasteiger partial charge is 0.477 e. The molecule has 0 amide bonds. The maximum Gasteiger partial charge on any atom is 0.347 e. The Hall–Kier alpha value is -1.68. The average molecular weight is 289 g/mol. The molecule has 0 aliphatic carbocycles. The van der Waals surface area contributed by atoms with Gasteiger partial charge in [0.1, 0.15) is 4.88 Å². The molecule has 1 N–H and O–H groups in total. The van der Waals surface area contributed by atoms with Gasteiger partial charge in [-0.15, -0.1) is 11.3 Å². The molecule has 0 fully saturated rings. The molecule has 0 spiro atoms. The topological polar surface area (TPSA) is 50.2 Å². The quantitative estimate of drug-likeness (QED) is 0.905. The number of benzene rings is 1. The Morgan fingerprint density at radius 1 is 1.30 bits per heavy atom. The zero-order valence-corrected chi connectivity index (χ0v) is 12.9. The summed E-state index contributed by atoms with van der Waals surface area (Å²) in [5, 5.41) is 10.1. The van der Waals surface area contributed by atoms with Crippen LogP contribution in [0.25, 0.3) is 0 Å². The van der Waals surface area contributed by atoms with Crippen LogP contribution in [0.5, 0.6) is 0 Å². The lowest BCUT2D eigenvalue weighted by Gasteiger charge is -2.03. The summed E-state index contributed by atoms with van der Waals surface area (Å²) in [4.78, 5) is 16.1. The van der Waals surface area contributed by atoms with E-state index in [4.69, 9.17) is 0 Å². The van der Waals surface area contributed by atoms with Crippen LogP contribution >= 0.6 is 11.3 Å². The lowest BCUT2D eigenvalue weighted by Crippen LogP contribution is -1.98. The fourth-order valence-corrected chi connectivity index (χ4v) is 3.12. The normalized spacial score (nSPS) is 10.8. The highest BCUT2D eigenvalue weighted by molar-refractivity contribution is 7.13. The van der Waals surface area contributed by atoms with Crippen LogP contribution in [0.4, 0.5) is 0 Å². The van der Waals surface area contributed by atoms with Crippen LogP contribution in [0.15, 0.2) is 18.2 Å². The van der Waals surface area contributed by atoms with E-state index in [2.05, 4.69) is 37.0 Å². The Morgan fingerprint density at radius 2 is 2.05 bits per heavy atom. The van der Waals surface area contributed by atoms with E-state index in [1.165, 1.54) is 28.0 Å². The summed E-state index contributed by atoms with van der Waals surface area (Å²) in [6.45, 7) is 6.21. The predicted molar refractivity (Wildman–Crippen MR) is 81.8 cm³/mol. The molecule has 3 nitrogen and oxygen atoms in total. The van der Waals surface area contributed by atoms with Crippen molar-refractivity contribution in [1.82, 2.24) is 4.98 Å². The van der Waals surface area contributed by atoms with Crippen molar-refractivity contribution in [2.75, 3.05) is 0 Å². The number of aromatic nitrogens is 1. The van der Waals surface area contributed by atoms with Gasteiger partial charge in [0.25, 0.3) is 0 Å². The van der Waals surface area contributed by atoms with Gasteiger partial charge in [-0.05, 0) is 37.0 Å². The van der Waals surface area contributed by atoms with Crippen LogP contribution in [0.3, 0.4) is 0 Å². The minimum atomic E-state index is -0.864. The van der Waals surface area contributed by atoms with Gasteiger partial charge in [0.2, 0.25) is 0 Å². The maximum absolute atomic E-state index is 11.2. The number of carboxylic acid groups (broad SMARTS) is 1. The van der Waals surface area contributed by atoms with Crippen LogP contribution in [-0.2, 0) is 12.8 Å². The standard InChI is InChI=1S/C16H19NO2S/c1-4-5-13-15(16(18)19)20-14(17-13)9-12-7-6-10(2)11(3)8-12/h6-8H,4-5,9H2,1-3H3,(H,18,19). The van der Waals surface area contributed by atoms with Crippen molar-refractivity contribution in [3.8, 4) is 0 Å². The van der Waals surface area contributed by atoms with Gasteiger partial charge >= 0.3 is 5.97 Å². The molecule has 1 aromatic carbocycles. The molecule has 0 atom stereocenters. The minimum Gasteiger partial charge on any atom is -0.477 e. The summed E-state index contributed by atoms with van der Waals surface area (Å²) in [6.07, 6.45) is 2.34. The molecule has 2 aromatic rings. The van der Waals surface area contributed by atoms with Crippen molar-refractivity contribution in [2.24, 2.45) is 0 Å². The van der Waals surface area contributed by atoms with E-state index in [0.29, 0.717) is 11.3 Å². The van der Waals surface area contributed by atoms with E-state index in [1.807, 2.05) is 6.92 Å². The molecule has 0 radical (unpaired) electrons. The molecule has 1 heterocycles. The van der Waals surface area contributed by atoms with Gasteiger partial charge in [-0.25, -0.2) is 9.78 Å². The lowest BCUT2D eigenvalue weighted by atomic mass is 10.0. The van der Waals surface area contributed by atoms with Crippen molar-refractivity contribution in [1.29, 1.82) is 0 Å². The van der Waals surface area contributed by atoms with Crippen molar-refractivity contribution in [2.45, 2.75) is 40.0 Å². The number of aromatic carboxylic acids is 1. The van der Waals surface area contributed by atoms with Gasteiger partial charge in [0.05, 0.1) is 10.7 Å². The highest BCUT2D eigenvalue weighted by Crippen LogP contribution is 2.23. The van der Waals surface area contributed by atoms with Crippen LogP contribution in [0.1, 0.15) is 50.4 Å². The first kappa shape index (κ1) is 14.7. The zero-order valence-electron chi connectivity index (χ0n) is 12.1. The number of hydrogen-bond donors (Lipinski definition) is 1. The summed E-state index contributed by atoms with van der Waals surface area (Å²) < 4.78 is 0. The average Bonchev–Trinajstić information content (AvgIpc) is 2.77. The van der Waals surface area contributed by atoms with E-state index < -0.39 is 5.97 Å². The molecule has 106 valence electrons. The second kappa shape index (κ2) is 6.18. The van der Waals surface area contributed by atoms with Crippen molar-refractivity contribution in [3.63, 3.8) is 0 Å². The van der Waals surface area contributed by atoms with Gasteiger partial charge in [-0.1, -0.05) is 31.5 Å². The Morgan fingerprint density at radius 3 is 2.65 bits per heavy atom. The summed E-state index contributed by atoms with van der Waals surface area (Å²) in [5.74, 6) is -0.864. The summed E-state index contributed by atoms with van der Waals surface area (Å²) in [6, 6.07) is 6.34. The highest BCUT2D eigenvalue weighted by atomic mass is 32.1. The Labute approximate surface area is 123 Å². The minimum absolute atomic E-state index is 0.394. The van der Waals surface area contributed by atoms with E-state index in [1.54, 1.807) is 0 Å². The fourth-order valence-electron chi connectivity index (χ4n) is 2.14. The van der Waals surface area contributed by atoms with Crippen molar-refractivity contribution >= 4 is 17.3 Å². The molecule has 1 aromatic heterocycles. The molecule has 2 rings (SSSR count). The molecule has 0 aliphatic rings. The Kier molecular flexibility index (Phi) is 4.55. The fraction of sp³-hybridized carbons (Fsp3) is 0.375. The van der Waals surface area contributed by atoms with Crippen molar-refractivity contribution in [3.05, 3.63) is 50.5 Å². The molecule has 0 bridgehead atoms. The third-order valence-corrected chi connectivity index (χ3v) is 4.43. The predicted octanol–water partition coefficient (Wildman–Crippen LogP) is 4.00. The zero-order chi connectivity index (χ0) is 14.7. The SMILES string of the molecule is CCCc1nc(Cc2ccc(C)c(C)c2)sc1C(=O)O. The molecule has 0 unspecified atom stereocenters. The number of hydrogen-bond acceptors (Lipinski definition) is 3. The molecule has 20 heavy (non-hydrogen) atoms. The van der Waals surface area contributed by atoms with Gasteiger partial charge in [-0.3, -0.25) is 0 Å². The third kappa shape index (κ3) is 3.25. The van der Waals surface area contributed by atoms with Gasteiger partial charge in [0.15, 0.2) is 0 Å². The van der Waals surface area contributed by atoms with Crippen LogP contribution in [0.2, 0.25) is 0 Å². The molecular weight excluding hydrogens is 270 g/mol. The van der Waals surface area contributed by atoms with E-state index in [0.717, 1.165) is 23.5 Å². The second-order valence-corrected chi connectivity index (χ2v) is 6.12. The molecule has 4 heteroatoms. The first-order valence-electron chi connectivity index (χ1n) is 6.79. The lowest BCUT2D eigenvalue weighted by molar-refractivity contribution is 0.0700. The van der Waals surface area contributed by atoms with E-state index in [9.17, 15) is 9.90 Å². The molecular formula is C16H19NO2S. The first-order valence-corrected chi connectivity index (χ1v) is 7.61. The highest BCUT2D eigenvalue weighted by Gasteiger charge is 2.16. The monoisotopic (exact) mass is 289 g/mol. The number of nitrogens with zero attached hydrogens (tertiary/aromatic N) is 1. The number of aryl methyl sites for hydroxylation is 3. The van der Waals surface area contributed by atoms with Gasteiger partial charge in [0, 0.05) is 6.42 Å². The summed E-state index contributed by atoms with van der Waals surface area (Å²) in [5.41, 5.74) is 4.43. The summed E-state index contributed by atoms with van der Waals surface area (Å²) in [7, 11) is 0. The van der Waals surface area contributed by atoms with Gasteiger partial charge in [-0.2, -0.15) is 0 Å². The number of carbonyl (C=O) groups is 1. The number of carboxylic acids is 1. The van der Waals surface area contributed by atoms with E-state index in [-0.39, 0.29) is 0 Å². The Bertz CT molecular complexity index is 631. The molecule has 0 saturated heterocycles. The van der Waals surface area contributed by atoms with Crippen molar-refractivity contribution < 1.29 is 9.90 Å². The number of rotatable bonds is 5. The number of thiazole rings is 1.